The van der Waals surface area contributed by atoms with Gasteiger partial charge in [0.25, 0.3) is 5.69 Å². The Labute approximate surface area is 129 Å². The Morgan fingerprint density at radius 1 is 1.41 bits per heavy atom. The molecule has 118 valence electrons. The lowest BCUT2D eigenvalue weighted by Crippen LogP contribution is -2.20. The second kappa shape index (κ2) is 5.94. The molecule has 6 heteroatoms. The second-order valence-electron chi connectivity index (χ2n) is 6.33. The molecule has 2 aliphatic carbocycles. The summed E-state index contributed by atoms with van der Waals surface area (Å²) in [5, 5.41) is 13.6. The number of rotatable bonds is 5. The summed E-state index contributed by atoms with van der Waals surface area (Å²) in [7, 11) is 1.48. The third kappa shape index (κ3) is 2.91. The fraction of sp³-hybridized carbons (Fsp3) is 0.562. The molecule has 2 saturated carbocycles. The van der Waals surface area contributed by atoms with Crippen molar-refractivity contribution in [2.75, 3.05) is 12.4 Å². The maximum absolute atomic E-state index is 12.3. The molecule has 3 rings (SSSR count). The average molecular weight is 304 g/mol. The van der Waals surface area contributed by atoms with Gasteiger partial charge in [0.2, 0.25) is 5.91 Å². The summed E-state index contributed by atoms with van der Waals surface area (Å²) in [6.07, 6.45) is 5.44. The van der Waals surface area contributed by atoms with E-state index in [1.807, 2.05) is 0 Å². The summed E-state index contributed by atoms with van der Waals surface area (Å²) >= 11 is 0. The Morgan fingerprint density at radius 2 is 2.23 bits per heavy atom. The molecule has 0 heterocycles. The number of carbonyl (C=O) groups is 1. The minimum Gasteiger partial charge on any atom is -0.495 e. The molecule has 2 aliphatic rings. The first-order chi connectivity index (χ1) is 10.6. The molecule has 0 unspecified atom stereocenters. The van der Waals surface area contributed by atoms with E-state index in [-0.39, 0.29) is 11.6 Å². The molecule has 6 nitrogen and oxygen atoms in total. The monoisotopic (exact) mass is 304 g/mol. The maximum Gasteiger partial charge on any atom is 0.271 e. The van der Waals surface area contributed by atoms with Gasteiger partial charge in [0.05, 0.1) is 17.7 Å². The molecule has 3 atom stereocenters. The molecule has 22 heavy (non-hydrogen) atoms. The Morgan fingerprint density at radius 3 is 2.82 bits per heavy atom. The van der Waals surface area contributed by atoms with Crippen molar-refractivity contribution in [2.24, 2.45) is 17.8 Å². The van der Waals surface area contributed by atoms with E-state index in [4.69, 9.17) is 4.74 Å². The van der Waals surface area contributed by atoms with Gasteiger partial charge in [-0.05, 0) is 43.1 Å². The zero-order valence-electron chi connectivity index (χ0n) is 12.6. The smallest absolute Gasteiger partial charge is 0.271 e. The lowest BCUT2D eigenvalue weighted by atomic mass is 9.86. The molecule has 1 aromatic carbocycles. The number of hydrogen-bond donors (Lipinski definition) is 1. The van der Waals surface area contributed by atoms with E-state index < -0.39 is 4.92 Å². The minimum absolute atomic E-state index is 0.0592. The standard InChI is InChI=1S/C16H20N2O4/c1-22-15-5-4-13(18(20)21)9-14(15)17-16(19)8-12-7-10-2-3-11(12)6-10/h4-5,9-12H,2-3,6-8H2,1H3,(H,17,19)/t10-,11-,12+/m0/s1. The van der Waals surface area contributed by atoms with Crippen LogP contribution in [0.5, 0.6) is 5.75 Å². The van der Waals surface area contributed by atoms with Gasteiger partial charge in [-0.15, -0.1) is 0 Å². The van der Waals surface area contributed by atoms with Crippen molar-refractivity contribution >= 4 is 17.3 Å². The highest BCUT2D eigenvalue weighted by atomic mass is 16.6. The number of non-ortho nitro benzene ring substituents is 1. The molecule has 0 spiro atoms. The quantitative estimate of drug-likeness (QED) is 0.668. The number of anilines is 1. The number of methoxy groups -OCH3 is 1. The Hall–Kier alpha value is -2.11. The van der Waals surface area contributed by atoms with Crippen molar-refractivity contribution < 1.29 is 14.5 Å². The number of nitrogens with zero attached hydrogens (tertiary/aromatic N) is 1. The fourth-order valence-corrected chi connectivity index (χ4v) is 3.97. The van der Waals surface area contributed by atoms with E-state index in [1.165, 1.54) is 44.6 Å². The molecule has 1 amide bonds. The van der Waals surface area contributed by atoms with Crippen LogP contribution in [0.4, 0.5) is 11.4 Å². The van der Waals surface area contributed by atoms with Gasteiger partial charge in [0.15, 0.2) is 0 Å². The highest BCUT2D eigenvalue weighted by Gasteiger charge is 2.40. The predicted molar refractivity (Wildman–Crippen MR) is 81.8 cm³/mol. The molecule has 1 N–H and O–H groups in total. The van der Waals surface area contributed by atoms with Gasteiger partial charge >= 0.3 is 0 Å². The van der Waals surface area contributed by atoms with Crippen LogP contribution in [0.25, 0.3) is 0 Å². The third-order valence-corrected chi connectivity index (χ3v) is 5.00. The van der Waals surface area contributed by atoms with Gasteiger partial charge in [-0.2, -0.15) is 0 Å². The zero-order valence-corrected chi connectivity index (χ0v) is 12.6. The van der Waals surface area contributed by atoms with Gasteiger partial charge in [-0.1, -0.05) is 6.42 Å². The number of amides is 1. The lowest BCUT2D eigenvalue weighted by molar-refractivity contribution is -0.384. The minimum atomic E-state index is -0.481. The van der Waals surface area contributed by atoms with Gasteiger partial charge in [-0.25, -0.2) is 0 Å². The Bertz CT molecular complexity index is 602. The topological polar surface area (TPSA) is 81.5 Å². The van der Waals surface area contributed by atoms with Gasteiger partial charge in [-0.3, -0.25) is 14.9 Å². The van der Waals surface area contributed by atoms with Crippen LogP contribution in [0.2, 0.25) is 0 Å². The summed E-state index contributed by atoms with van der Waals surface area (Å²) in [6, 6.07) is 4.22. The number of nitrogens with one attached hydrogen (secondary N) is 1. The normalized spacial score (nSPS) is 26.0. The van der Waals surface area contributed by atoms with Crippen LogP contribution in [-0.4, -0.2) is 17.9 Å². The van der Waals surface area contributed by atoms with Crippen LogP contribution in [0.15, 0.2) is 18.2 Å². The average Bonchev–Trinajstić information content (AvgIpc) is 3.09. The number of nitro benzene ring substituents is 1. The van der Waals surface area contributed by atoms with E-state index in [0.717, 1.165) is 12.3 Å². The van der Waals surface area contributed by atoms with Crippen molar-refractivity contribution in [1.29, 1.82) is 0 Å². The molecule has 2 fully saturated rings. The summed E-state index contributed by atoms with van der Waals surface area (Å²) in [5.74, 6) is 2.30. The summed E-state index contributed by atoms with van der Waals surface area (Å²) in [5.41, 5.74) is 0.306. The van der Waals surface area contributed by atoms with Crippen LogP contribution in [0.1, 0.15) is 32.1 Å². The Balaban J connectivity index is 1.67. The van der Waals surface area contributed by atoms with Gasteiger partial charge < -0.3 is 10.1 Å². The molecule has 2 bridgehead atoms. The van der Waals surface area contributed by atoms with Crippen molar-refractivity contribution in [3.05, 3.63) is 28.3 Å². The molecule has 0 aromatic heterocycles. The third-order valence-electron chi connectivity index (χ3n) is 5.00. The van der Waals surface area contributed by atoms with Gasteiger partial charge in [0, 0.05) is 18.6 Å². The first kappa shape index (κ1) is 14.8. The van der Waals surface area contributed by atoms with E-state index in [1.54, 1.807) is 0 Å². The SMILES string of the molecule is COc1ccc([N+](=O)[O-])cc1NC(=O)C[C@H]1C[C@H]2CC[C@H]1C2. The van der Waals surface area contributed by atoms with E-state index in [2.05, 4.69) is 5.32 Å². The van der Waals surface area contributed by atoms with Crippen molar-refractivity contribution in [1.82, 2.24) is 0 Å². The second-order valence-corrected chi connectivity index (χ2v) is 6.33. The number of nitro groups is 1. The molecular formula is C16H20N2O4. The first-order valence-electron chi connectivity index (χ1n) is 7.69. The molecule has 0 aliphatic heterocycles. The summed E-state index contributed by atoms with van der Waals surface area (Å²) in [6.45, 7) is 0. The number of carbonyl (C=O) groups excluding carboxylic acids is 1. The highest BCUT2D eigenvalue weighted by molar-refractivity contribution is 5.92. The largest absolute Gasteiger partial charge is 0.495 e. The predicted octanol–water partition coefficient (Wildman–Crippen LogP) is 3.37. The number of ether oxygens (including phenoxy) is 1. The fourth-order valence-electron chi connectivity index (χ4n) is 3.97. The van der Waals surface area contributed by atoms with Crippen LogP contribution in [0.3, 0.4) is 0 Å². The molecule has 1 aromatic rings. The van der Waals surface area contributed by atoms with E-state index in [0.29, 0.717) is 29.7 Å². The van der Waals surface area contributed by atoms with Crippen LogP contribution in [0, 0.1) is 27.9 Å². The number of fused-ring (bicyclic) bond motifs is 2. The van der Waals surface area contributed by atoms with Crippen LogP contribution >= 0.6 is 0 Å². The zero-order chi connectivity index (χ0) is 15.7. The van der Waals surface area contributed by atoms with E-state index >= 15 is 0 Å². The summed E-state index contributed by atoms with van der Waals surface area (Å²) in [4.78, 5) is 22.6. The van der Waals surface area contributed by atoms with E-state index in [9.17, 15) is 14.9 Å². The molecule has 0 saturated heterocycles. The maximum atomic E-state index is 12.3. The van der Waals surface area contributed by atoms with Crippen molar-refractivity contribution in [3.63, 3.8) is 0 Å². The number of benzene rings is 1. The number of hydrogen-bond acceptors (Lipinski definition) is 4. The van der Waals surface area contributed by atoms with Crippen LogP contribution in [-0.2, 0) is 4.79 Å². The van der Waals surface area contributed by atoms with Crippen molar-refractivity contribution in [3.8, 4) is 5.75 Å². The molecule has 0 radical (unpaired) electrons. The first-order valence-corrected chi connectivity index (χ1v) is 7.69. The Kier molecular flexibility index (Phi) is 4.00. The lowest BCUT2D eigenvalue weighted by Gasteiger charge is -2.21. The highest BCUT2D eigenvalue weighted by Crippen LogP contribution is 2.49. The summed E-state index contributed by atoms with van der Waals surface area (Å²) < 4.78 is 5.16. The van der Waals surface area contributed by atoms with Crippen molar-refractivity contribution in [2.45, 2.75) is 32.1 Å². The van der Waals surface area contributed by atoms with Crippen LogP contribution < -0.4 is 10.1 Å². The molecular weight excluding hydrogens is 284 g/mol. The van der Waals surface area contributed by atoms with Gasteiger partial charge in [0.1, 0.15) is 5.75 Å².